The monoisotopic (exact) mass is 568 g/mol. The maximum atomic E-state index is 13.7. The Morgan fingerprint density at radius 2 is 1.61 bits per heavy atom. The highest BCUT2D eigenvalue weighted by Gasteiger charge is 2.34. The maximum Gasteiger partial charge on any atom is 0.258 e. The van der Waals surface area contributed by atoms with Gasteiger partial charge in [-0.1, -0.05) is 83.0 Å². The van der Waals surface area contributed by atoms with Crippen molar-refractivity contribution in [2.45, 2.75) is 25.3 Å². The summed E-state index contributed by atoms with van der Waals surface area (Å²) in [7, 11) is 0. The van der Waals surface area contributed by atoms with E-state index in [9.17, 15) is 9.59 Å². The molecule has 1 saturated heterocycles. The van der Waals surface area contributed by atoms with Crippen molar-refractivity contribution in [3.8, 4) is 11.1 Å². The highest BCUT2D eigenvalue weighted by molar-refractivity contribution is 9.10. The summed E-state index contributed by atoms with van der Waals surface area (Å²) in [5, 5.41) is 2.62. The maximum absolute atomic E-state index is 13.7. The Labute approximate surface area is 230 Å². The molecule has 3 heterocycles. The molecular formula is C31H29BrN4O2. The second-order valence-corrected chi connectivity index (χ2v) is 10.8. The summed E-state index contributed by atoms with van der Waals surface area (Å²) < 4.78 is 0.925. The van der Waals surface area contributed by atoms with Crippen LogP contribution in [0.2, 0.25) is 0 Å². The lowest BCUT2D eigenvalue weighted by Gasteiger charge is -2.31. The lowest BCUT2D eigenvalue weighted by atomic mass is 9.94. The van der Waals surface area contributed by atoms with E-state index in [2.05, 4.69) is 31.2 Å². The number of amides is 1. The zero-order valence-corrected chi connectivity index (χ0v) is 22.6. The van der Waals surface area contributed by atoms with E-state index in [1.54, 1.807) is 5.01 Å². The van der Waals surface area contributed by atoms with Crippen molar-refractivity contribution in [1.82, 2.24) is 20.3 Å². The molecule has 3 aromatic carbocycles. The van der Waals surface area contributed by atoms with Gasteiger partial charge in [0, 0.05) is 20.9 Å². The molecule has 0 unspecified atom stereocenters. The van der Waals surface area contributed by atoms with Crippen LogP contribution in [0.3, 0.4) is 0 Å². The summed E-state index contributed by atoms with van der Waals surface area (Å²) in [6, 6.07) is 25.4. The van der Waals surface area contributed by atoms with E-state index >= 15 is 0 Å². The minimum atomic E-state index is -0.329. The van der Waals surface area contributed by atoms with Gasteiger partial charge in [-0.2, -0.15) is 0 Å². The van der Waals surface area contributed by atoms with Gasteiger partial charge in [-0.25, -0.2) is 5.01 Å². The third-order valence-electron chi connectivity index (χ3n) is 7.37. The average Bonchev–Trinajstić information content (AvgIpc) is 3.39. The molecule has 1 atom stereocenters. The summed E-state index contributed by atoms with van der Waals surface area (Å²) >= 11 is 3.60. The van der Waals surface area contributed by atoms with Gasteiger partial charge in [0.25, 0.3) is 11.5 Å². The molecule has 2 N–H and O–H groups in total. The predicted octanol–water partition coefficient (Wildman–Crippen LogP) is 5.87. The number of likely N-dealkylation sites (tertiary alicyclic amines) is 1. The van der Waals surface area contributed by atoms with Gasteiger partial charge < -0.3 is 4.98 Å². The smallest absolute Gasteiger partial charge is 0.258 e. The molecule has 1 aromatic heterocycles. The lowest BCUT2D eigenvalue weighted by molar-refractivity contribution is -0.135. The van der Waals surface area contributed by atoms with E-state index in [-0.39, 0.29) is 17.5 Å². The Morgan fingerprint density at radius 3 is 2.34 bits per heavy atom. The minimum Gasteiger partial charge on any atom is -0.321 e. The van der Waals surface area contributed by atoms with Gasteiger partial charge in [0.15, 0.2) is 0 Å². The first kappa shape index (κ1) is 24.6. The number of hydrazine groups is 1. The molecule has 2 aliphatic rings. The van der Waals surface area contributed by atoms with Crippen LogP contribution in [0.25, 0.3) is 27.7 Å². The first-order chi connectivity index (χ1) is 18.6. The summed E-state index contributed by atoms with van der Waals surface area (Å²) in [5.41, 5.74) is 7.84. The van der Waals surface area contributed by atoms with Crippen molar-refractivity contribution < 1.29 is 4.79 Å². The Bertz CT molecular complexity index is 1560. The molecule has 1 amide bonds. The molecule has 0 saturated carbocycles. The van der Waals surface area contributed by atoms with Crippen LogP contribution in [0, 0.1) is 0 Å². The molecule has 0 spiro atoms. The number of carbonyl (C=O) groups is 1. The second-order valence-electron chi connectivity index (χ2n) is 9.91. The fraction of sp³-hybridized carbons (Fsp3) is 0.226. The lowest BCUT2D eigenvalue weighted by Crippen LogP contribution is -2.46. The van der Waals surface area contributed by atoms with Crippen molar-refractivity contribution in [2.75, 3.05) is 19.6 Å². The molecule has 0 radical (unpaired) electrons. The molecule has 6 nitrogen and oxygen atoms in total. The van der Waals surface area contributed by atoms with E-state index in [0.29, 0.717) is 17.8 Å². The number of piperidine rings is 1. The molecule has 4 aromatic rings. The van der Waals surface area contributed by atoms with Gasteiger partial charge in [0.2, 0.25) is 0 Å². The van der Waals surface area contributed by atoms with Crippen LogP contribution >= 0.6 is 15.9 Å². The van der Waals surface area contributed by atoms with Gasteiger partial charge in [0.1, 0.15) is 0 Å². The second kappa shape index (κ2) is 10.6. The molecule has 0 aliphatic carbocycles. The number of halogens is 1. The average molecular weight is 570 g/mol. The quantitative estimate of drug-likeness (QED) is 0.316. The fourth-order valence-electron chi connectivity index (χ4n) is 5.53. The standard InChI is InChI=1S/C31H29BrN4O2/c32-23-14-15-25-24(18-23)29(22-12-6-2-7-13-22)30(31(38)33-25)26-19-27(21-10-4-1-5-11-21)36(34-26)28(37)20-35-16-8-3-9-17-35/h1-2,4-7,10-15,18-19,27,34H,3,8-9,16-17,20H2,(H,33,38)/t27-/m1/s1. The Balaban J connectivity index is 1.48. The number of fused-ring (bicyclic) bond motifs is 1. The Kier molecular flexibility index (Phi) is 6.87. The number of nitrogens with one attached hydrogen (secondary N) is 2. The van der Waals surface area contributed by atoms with Gasteiger partial charge in [-0.3, -0.25) is 19.9 Å². The number of nitrogens with zero attached hydrogens (tertiary/aromatic N) is 2. The first-order valence-electron chi connectivity index (χ1n) is 13.1. The summed E-state index contributed by atoms with van der Waals surface area (Å²) in [6.07, 6.45) is 5.46. The van der Waals surface area contributed by atoms with Crippen LogP contribution in [0.4, 0.5) is 0 Å². The van der Waals surface area contributed by atoms with Crippen LogP contribution in [0.15, 0.2) is 94.2 Å². The van der Waals surface area contributed by atoms with E-state index < -0.39 is 0 Å². The highest BCUT2D eigenvalue weighted by Crippen LogP contribution is 2.37. The van der Waals surface area contributed by atoms with Crippen molar-refractivity contribution in [3.63, 3.8) is 0 Å². The number of pyridine rings is 1. The summed E-state index contributed by atoms with van der Waals surface area (Å²) in [6.45, 7) is 2.23. The fourth-order valence-corrected chi connectivity index (χ4v) is 5.89. The number of aromatic nitrogens is 1. The predicted molar refractivity (Wildman–Crippen MR) is 155 cm³/mol. The van der Waals surface area contributed by atoms with Gasteiger partial charge in [0.05, 0.1) is 23.8 Å². The van der Waals surface area contributed by atoms with E-state index in [0.717, 1.165) is 58.0 Å². The van der Waals surface area contributed by atoms with Gasteiger partial charge >= 0.3 is 0 Å². The number of aromatic amines is 1. The molecule has 6 rings (SSSR count). The molecule has 0 bridgehead atoms. The van der Waals surface area contributed by atoms with E-state index in [1.165, 1.54) is 6.42 Å². The third kappa shape index (κ3) is 4.79. The topological polar surface area (TPSA) is 68.4 Å². The highest BCUT2D eigenvalue weighted by atomic mass is 79.9. The normalized spacial score (nSPS) is 17.9. The SMILES string of the molecule is O=C(CN1CCCCC1)N1NC(c2c(-c3ccccc3)c3cc(Br)ccc3[nH]c2=O)=C[C@@H]1c1ccccc1. The zero-order valence-electron chi connectivity index (χ0n) is 21.0. The molecule has 1 fully saturated rings. The van der Waals surface area contributed by atoms with Crippen LogP contribution in [-0.4, -0.2) is 40.4 Å². The van der Waals surface area contributed by atoms with Crippen LogP contribution < -0.4 is 11.0 Å². The zero-order chi connectivity index (χ0) is 26.1. The number of carbonyl (C=O) groups excluding carboxylic acids is 1. The van der Waals surface area contributed by atoms with Crippen LogP contribution in [0.1, 0.15) is 36.4 Å². The van der Waals surface area contributed by atoms with Crippen molar-refractivity contribution >= 4 is 38.4 Å². The van der Waals surface area contributed by atoms with E-state index in [4.69, 9.17) is 0 Å². The number of H-pyrrole nitrogens is 1. The minimum absolute atomic E-state index is 0.00627. The van der Waals surface area contributed by atoms with Crippen molar-refractivity contribution in [3.05, 3.63) is 111 Å². The van der Waals surface area contributed by atoms with Crippen LogP contribution in [0.5, 0.6) is 0 Å². The summed E-state index contributed by atoms with van der Waals surface area (Å²) in [5.74, 6) is -0.00627. The molecule has 2 aliphatic heterocycles. The molecule has 38 heavy (non-hydrogen) atoms. The van der Waals surface area contributed by atoms with Gasteiger partial charge in [-0.15, -0.1) is 0 Å². The Morgan fingerprint density at radius 1 is 0.895 bits per heavy atom. The third-order valence-corrected chi connectivity index (χ3v) is 7.86. The number of benzene rings is 3. The van der Waals surface area contributed by atoms with Gasteiger partial charge in [-0.05, 0) is 61.3 Å². The first-order valence-corrected chi connectivity index (χ1v) is 13.9. The molecule has 7 heteroatoms. The Hall–Kier alpha value is -3.68. The molecule has 192 valence electrons. The number of hydrogen-bond acceptors (Lipinski definition) is 4. The number of hydrogen-bond donors (Lipinski definition) is 2. The largest absolute Gasteiger partial charge is 0.321 e. The van der Waals surface area contributed by atoms with Crippen LogP contribution in [-0.2, 0) is 4.79 Å². The van der Waals surface area contributed by atoms with Crippen molar-refractivity contribution in [1.29, 1.82) is 0 Å². The van der Waals surface area contributed by atoms with Crippen molar-refractivity contribution in [2.24, 2.45) is 0 Å². The van der Waals surface area contributed by atoms with E-state index in [1.807, 2.05) is 84.9 Å². The summed E-state index contributed by atoms with van der Waals surface area (Å²) in [4.78, 5) is 32.6. The number of rotatable bonds is 5. The molecular weight excluding hydrogens is 540 g/mol.